The van der Waals surface area contributed by atoms with Gasteiger partial charge < -0.3 is 15.4 Å². The number of carbonyl (C=O) groups excluding carboxylic acids is 1. The van der Waals surface area contributed by atoms with Crippen molar-refractivity contribution in [3.05, 3.63) is 52.2 Å². The summed E-state index contributed by atoms with van der Waals surface area (Å²) in [6.07, 6.45) is 1.57. The highest BCUT2D eigenvalue weighted by molar-refractivity contribution is 5.90. The van der Waals surface area contributed by atoms with Crippen LogP contribution >= 0.6 is 0 Å². The summed E-state index contributed by atoms with van der Waals surface area (Å²) in [4.78, 5) is 21.6. The first kappa shape index (κ1) is 14.2. The van der Waals surface area contributed by atoms with Crippen LogP contribution in [0.3, 0.4) is 0 Å². The maximum atomic E-state index is 11.8. The van der Waals surface area contributed by atoms with Crippen molar-refractivity contribution in [3.8, 4) is 6.07 Å². The van der Waals surface area contributed by atoms with Gasteiger partial charge in [-0.05, 0) is 23.1 Å². The zero-order valence-electron chi connectivity index (χ0n) is 10.9. The Bertz CT molecular complexity index is 717. The van der Waals surface area contributed by atoms with E-state index < -0.39 is 4.92 Å². The Morgan fingerprint density at radius 1 is 1.48 bits per heavy atom. The molecule has 0 saturated carbocycles. The fourth-order valence-corrected chi connectivity index (χ4v) is 1.68. The molecule has 0 aliphatic rings. The van der Waals surface area contributed by atoms with Crippen LogP contribution in [0.15, 0.2) is 36.5 Å². The average Bonchev–Trinajstić information content (AvgIpc) is 2.94. The molecule has 21 heavy (non-hydrogen) atoms. The maximum absolute atomic E-state index is 11.8. The van der Waals surface area contributed by atoms with Gasteiger partial charge in [0.2, 0.25) is 5.91 Å². The van der Waals surface area contributed by atoms with Crippen LogP contribution in [-0.4, -0.2) is 20.6 Å². The molecule has 0 bridgehead atoms. The van der Waals surface area contributed by atoms with E-state index in [2.05, 4.69) is 10.4 Å². The molecule has 2 aromatic rings. The zero-order chi connectivity index (χ0) is 15.2. The van der Waals surface area contributed by atoms with Gasteiger partial charge in [-0.3, -0.25) is 4.79 Å². The minimum atomic E-state index is -0.593. The van der Waals surface area contributed by atoms with E-state index in [1.807, 2.05) is 6.07 Å². The molecule has 0 aliphatic carbocycles. The van der Waals surface area contributed by atoms with E-state index in [4.69, 9.17) is 5.26 Å². The van der Waals surface area contributed by atoms with Crippen molar-refractivity contribution in [2.45, 2.75) is 13.0 Å². The van der Waals surface area contributed by atoms with E-state index in [0.29, 0.717) is 11.3 Å². The number of aromatic nitrogens is 2. The van der Waals surface area contributed by atoms with Crippen LogP contribution in [0, 0.1) is 21.4 Å². The highest BCUT2D eigenvalue weighted by Crippen LogP contribution is 2.10. The van der Waals surface area contributed by atoms with Gasteiger partial charge >= 0.3 is 5.82 Å². The predicted molar refractivity (Wildman–Crippen MR) is 73.3 cm³/mol. The lowest BCUT2D eigenvalue weighted by Gasteiger charge is -2.04. The zero-order valence-corrected chi connectivity index (χ0v) is 10.9. The molecular formula is C13H11N5O3. The van der Waals surface area contributed by atoms with E-state index >= 15 is 0 Å². The second-order valence-electron chi connectivity index (χ2n) is 4.18. The van der Waals surface area contributed by atoms with Crippen molar-refractivity contribution in [3.63, 3.8) is 0 Å². The smallest absolute Gasteiger partial charge is 0.358 e. The number of carbonyl (C=O) groups is 1. The largest absolute Gasteiger partial charge is 0.389 e. The van der Waals surface area contributed by atoms with E-state index in [1.165, 1.54) is 16.9 Å². The van der Waals surface area contributed by atoms with Gasteiger partial charge in [0.25, 0.3) is 0 Å². The van der Waals surface area contributed by atoms with E-state index in [1.54, 1.807) is 24.3 Å². The van der Waals surface area contributed by atoms with Gasteiger partial charge in [0.15, 0.2) is 0 Å². The molecule has 0 radical (unpaired) electrons. The molecule has 0 aliphatic heterocycles. The van der Waals surface area contributed by atoms with E-state index in [-0.39, 0.29) is 24.7 Å². The van der Waals surface area contributed by atoms with Gasteiger partial charge in [0.1, 0.15) is 0 Å². The Morgan fingerprint density at radius 3 is 2.95 bits per heavy atom. The van der Waals surface area contributed by atoms with Crippen molar-refractivity contribution in [1.82, 2.24) is 9.78 Å². The first-order valence-electron chi connectivity index (χ1n) is 6.06. The number of benzene rings is 1. The number of aryl methyl sites for hydroxylation is 1. The number of amides is 1. The molecule has 8 nitrogen and oxygen atoms in total. The minimum Gasteiger partial charge on any atom is -0.358 e. The predicted octanol–water partition coefficient (Wildman–Crippen LogP) is 1.69. The van der Waals surface area contributed by atoms with Gasteiger partial charge in [-0.15, -0.1) is 0 Å². The molecule has 2 rings (SSSR count). The molecular weight excluding hydrogens is 274 g/mol. The number of hydrogen-bond donors (Lipinski definition) is 1. The van der Waals surface area contributed by atoms with E-state index in [9.17, 15) is 14.9 Å². The van der Waals surface area contributed by atoms with Crippen molar-refractivity contribution in [2.75, 3.05) is 5.32 Å². The number of rotatable bonds is 5. The second-order valence-corrected chi connectivity index (χ2v) is 4.18. The molecule has 0 spiro atoms. The number of nitrogens with zero attached hydrogens (tertiary/aromatic N) is 4. The third-order valence-corrected chi connectivity index (χ3v) is 2.66. The Morgan fingerprint density at radius 2 is 2.29 bits per heavy atom. The van der Waals surface area contributed by atoms with Gasteiger partial charge in [0, 0.05) is 12.1 Å². The SMILES string of the molecule is N#Cc1cccc(NC(=O)CCn2ccc([N+](=O)[O-])n2)c1. The molecule has 0 saturated heterocycles. The molecule has 1 aromatic heterocycles. The maximum Gasteiger partial charge on any atom is 0.389 e. The third kappa shape index (κ3) is 3.87. The first-order valence-corrected chi connectivity index (χ1v) is 6.06. The first-order chi connectivity index (χ1) is 10.1. The summed E-state index contributed by atoms with van der Waals surface area (Å²) in [6.45, 7) is 0.234. The quantitative estimate of drug-likeness (QED) is 0.663. The highest BCUT2D eigenvalue weighted by atomic mass is 16.6. The second kappa shape index (κ2) is 6.29. The van der Waals surface area contributed by atoms with Gasteiger partial charge in [-0.25, -0.2) is 0 Å². The average molecular weight is 285 g/mol. The Labute approximate surface area is 119 Å². The summed E-state index contributed by atoms with van der Waals surface area (Å²) < 4.78 is 1.34. The molecule has 0 unspecified atom stereocenters. The monoisotopic (exact) mass is 285 g/mol. The fourth-order valence-electron chi connectivity index (χ4n) is 1.68. The summed E-state index contributed by atoms with van der Waals surface area (Å²) in [6, 6.07) is 9.81. The normalized spacial score (nSPS) is 9.86. The number of hydrogen-bond acceptors (Lipinski definition) is 5. The van der Waals surface area contributed by atoms with Crippen LogP contribution in [0.25, 0.3) is 0 Å². The van der Waals surface area contributed by atoms with Gasteiger partial charge in [-0.1, -0.05) is 6.07 Å². The van der Waals surface area contributed by atoms with Crippen molar-refractivity contribution >= 4 is 17.4 Å². The Kier molecular flexibility index (Phi) is 4.26. The van der Waals surface area contributed by atoms with Crippen LogP contribution in [0.1, 0.15) is 12.0 Å². The van der Waals surface area contributed by atoms with Gasteiger partial charge in [0.05, 0.1) is 35.5 Å². The van der Waals surface area contributed by atoms with E-state index in [0.717, 1.165) is 0 Å². The molecule has 1 aromatic carbocycles. The highest BCUT2D eigenvalue weighted by Gasteiger charge is 2.11. The number of nitrogens with one attached hydrogen (secondary N) is 1. The summed E-state index contributed by atoms with van der Waals surface area (Å²) in [5.74, 6) is -0.514. The number of anilines is 1. The fraction of sp³-hybridized carbons (Fsp3) is 0.154. The lowest BCUT2D eigenvalue weighted by atomic mass is 10.2. The Balaban J connectivity index is 1.89. The molecule has 0 fully saturated rings. The summed E-state index contributed by atoms with van der Waals surface area (Å²) >= 11 is 0. The lowest BCUT2D eigenvalue weighted by Crippen LogP contribution is -2.14. The molecule has 106 valence electrons. The summed E-state index contributed by atoms with van der Waals surface area (Å²) in [5.41, 5.74) is 0.987. The van der Waals surface area contributed by atoms with Crippen LogP contribution < -0.4 is 5.32 Å². The minimum absolute atomic E-state index is 0.121. The standard InChI is InChI=1S/C13H11N5O3/c14-9-10-2-1-3-11(8-10)15-13(19)5-7-17-6-4-12(16-17)18(20)21/h1-4,6,8H,5,7H2,(H,15,19). The molecule has 1 N–H and O–H groups in total. The van der Waals surface area contributed by atoms with Crippen LogP contribution in [0.5, 0.6) is 0 Å². The summed E-state index contributed by atoms with van der Waals surface area (Å²) in [7, 11) is 0. The number of nitriles is 1. The molecule has 1 heterocycles. The van der Waals surface area contributed by atoms with Gasteiger partial charge in [-0.2, -0.15) is 9.94 Å². The summed E-state index contributed by atoms with van der Waals surface area (Å²) in [5, 5.41) is 25.6. The Hall–Kier alpha value is -3.21. The van der Waals surface area contributed by atoms with Crippen molar-refractivity contribution in [2.24, 2.45) is 0 Å². The lowest BCUT2D eigenvalue weighted by molar-refractivity contribution is -0.389. The molecule has 1 amide bonds. The third-order valence-electron chi connectivity index (χ3n) is 2.66. The van der Waals surface area contributed by atoms with Crippen molar-refractivity contribution < 1.29 is 9.72 Å². The number of nitro groups is 1. The molecule has 8 heteroatoms. The van der Waals surface area contributed by atoms with Crippen LogP contribution in [-0.2, 0) is 11.3 Å². The van der Waals surface area contributed by atoms with Crippen LogP contribution in [0.4, 0.5) is 11.5 Å². The topological polar surface area (TPSA) is 114 Å². The van der Waals surface area contributed by atoms with Crippen molar-refractivity contribution in [1.29, 1.82) is 5.26 Å². The molecule has 0 atom stereocenters. The van der Waals surface area contributed by atoms with Crippen LogP contribution in [0.2, 0.25) is 0 Å².